The van der Waals surface area contributed by atoms with Crippen LogP contribution in [0.2, 0.25) is 0 Å². The van der Waals surface area contributed by atoms with Gasteiger partial charge in [0.05, 0.1) is 16.8 Å². The molecule has 4 heteroatoms. The predicted molar refractivity (Wildman–Crippen MR) is 132 cm³/mol. The van der Waals surface area contributed by atoms with Gasteiger partial charge in [-0.1, -0.05) is 54.3 Å². The smallest absolute Gasteiger partial charge is 0.266 e. The average Bonchev–Trinajstić information content (AvgIpc) is 3.09. The molecule has 0 spiro atoms. The van der Waals surface area contributed by atoms with Crippen LogP contribution in [0.25, 0.3) is 12.2 Å². The number of amides is 2. The minimum Gasteiger partial charge on any atom is -0.457 e. The predicted octanol–water partition coefficient (Wildman–Crippen LogP) is 6.16. The zero-order chi connectivity index (χ0) is 23.1. The van der Waals surface area contributed by atoms with Gasteiger partial charge in [0.2, 0.25) is 0 Å². The van der Waals surface area contributed by atoms with Crippen LogP contribution in [-0.4, -0.2) is 11.8 Å². The van der Waals surface area contributed by atoms with Gasteiger partial charge in [-0.15, -0.1) is 0 Å². The molecule has 0 saturated heterocycles. The Morgan fingerprint density at radius 1 is 0.588 bits per heavy atom. The second-order valence-corrected chi connectivity index (χ2v) is 8.05. The number of carbonyl (C=O) groups is 2. The molecule has 6 rings (SSSR count). The monoisotopic (exact) mass is 439 g/mol. The Labute approximate surface area is 196 Å². The fourth-order valence-electron chi connectivity index (χ4n) is 4.04. The third kappa shape index (κ3) is 3.46. The molecule has 0 atom stereocenters. The van der Waals surface area contributed by atoms with Gasteiger partial charge in [0.1, 0.15) is 11.5 Å². The van der Waals surface area contributed by atoms with E-state index in [9.17, 15) is 9.59 Å². The van der Waals surface area contributed by atoms with Crippen LogP contribution in [0.3, 0.4) is 0 Å². The van der Waals surface area contributed by atoms with Gasteiger partial charge in [-0.05, 0) is 71.8 Å². The van der Waals surface area contributed by atoms with Gasteiger partial charge in [0.25, 0.3) is 11.8 Å². The van der Waals surface area contributed by atoms with Crippen LogP contribution in [0.15, 0.2) is 91.0 Å². The van der Waals surface area contributed by atoms with Crippen LogP contribution in [0.4, 0.5) is 5.69 Å². The molecule has 4 aromatic rings. The molecule has 0 radical (unpaired) electrons. The maximum atomic E-state index is 13.1. The van der Waals surface area contributed by atoms with E-state index >= 15 is 0 Å². The van der Waals surface area contributed by atoms with Gasteiger partial charge in [-0.2, -0.15) is 0 Å². The normalized spacial score (nSPS) is 13.0. The minimum atomic E-state index is -0.351. The lowest BCUT2D eigenvalue weighted by Crippen LogP contribution is -2.29. The molecule has 1 aliphatic carbocycles. The highest BCUT2D eigenvalue weighted by Crippen LogP contribution is 2.35. The average molecular weight is 439 g/mol. The summed E-state index contributed by atoms with van der Waals surface area (Å²) in [6.45, 7) is 0. The Hall–Kier alpha value is -4.88. The van der Waals surface area contributed by atoms with Gasteiger partial charge in [-0.3, -0.25) is 9.59 Å². The van der Waals surface area contributed by atoms with Crippen molar-refractivity contribution >= 4 is 29.7 Å². The molecule has 160 valence electrons. The van der Waals surface area contributed by atoms with E-state index in [4.69, 9.17) is 4.74 Å². The minimum absolute atomic E-state index is 0.326. The Morgan fingerprint density at radius 3 is 2.12 bits per heavy atom. The van der Waals surface area contributed by atoms with Gasteiger partial charge in [0, 0.05) is 11.1 Å². The first-order valence-electron chi connectivity index (χ1n) is 10.9. The number of anilines is 1. The maximum absolute atomic E-state index is 13.1. The molecule has 0 aromatic heterocycles. The van der Waals surface area contributed by atoms with Crippen LogP contribution in [0.5, 0.6) is 11.5 Å². The van der Waals surface area contributed by atoms with Crippen molar-refractivity contribution in [3.8, 4) is 23.3 Å². The van der Waals surface area contributed by atoms with Crippen molar-refractivity contribution in [2.75, 3.05) is 4.90 Å². The molecule has 0 fully saturated rings. The molecule has 0 unspecified atom stereocenters. The molecule has 1 aliphatic heterocycles. The number of ether oxygens (including phenoxy) is 1. The molecule has 4 nitrogen and oxygen atoms in total. The highest BCUT2D eigenvalue weighted by molar-refractivity contribution is 6.34. The second kappa shape index (κ2) is 7.91. The van der Waals surface area contributed by atoms with E-state index in [-0.39, 0.29) is 11.8 Å². The van der Waals surface area contributed by atoms with Crippen molar-refractivity contribution in [3.63, 3.8) is 0 Å². The number of fused-ring (bicyclic) bond motifs is 2. The Balaban J connectivity index is 1.25. The third-order valence-electron chi connectivity index (χ3n) is 5.82. The molecular weight excluding hydrogens is 422 g/mol. The second-order valence-electron chi connectivity index (χ2n) is 8.05. The lowest BCUT2D eigenvalue weighted by molar-refractivity contribution is 0.0926. The lowest BCUT2D eigenvalue weighted by Gasteiger charge is -2.17. The van der Waals surface area contributed by atoms with E-state index in [2.05, 4.69) is 11.8 Å². The summed E-state index contributed by atoms with van der Waals surface area (Å²) < 4.78 is 6.01. The van der Waals surface area contributed by atoms with E-state index in [0.29, 0.717) is 28.3 Å². The number of hydrogen-bond acceptors (Lipinski definition) is 3. The van der Waals surface area contributed by atoms with E-state index in [1.54, 1.807) is 24.3 Å². The maximum Gasteiger partial charge on any atom is 0.266 e. The van der Waals surface area contributed by atoms with E-state index in [0.717, 1.165) is 22.3 Å². The molecule has 1 heterocycles. The fourth-order valence-corrected chi connectivity index (χ4v) is 4.04. The van der Waals surface area contributed by atoms with Crippen molar-refractivity contribution in [2.45, 2.75) is 0 Å². The van der Waals surface area contributed by atoms with Gasteiger partial charge in [0.15, 0.2) is 0 Å². The quantitative estimate of drug-likeness (QED) is 0.250. The zero-order valence-electron chi connectivity index (χ0n) is 18.0. The Kier molecular flexibility index (Phi) is 4.60. The summed E-state index contributed by atoms with van der Waals surface area (Å²) in [7, 11) is 0. The van der Waals surface area contributed by atoms with Crippen LogP contribution in [0, 0.1) is 11.8 Å². The first-order chi connectivity index (χ1) is 16.7. The number of imide groups is 1. The van der Waals surface area contributed by atoms with Crippen molar-refractivity contribution < 1.29 is 14.3 Å². The summed E-state index contributed by atoms with van der Waals surface area (Å²) in [6.07, 6.45) is 3.95. The molecular formula is C30H17NO3. The third-order valence-corrected chi connectivity index (χ3v) is 5.82. The summed E-state index contributed by atoms with van der Waals surface area (Å²) in [5, 5.41) is 0. The summed E-state index contributed by atoms with van der Waals surface area (Å²) in [6, 6.07) is 27.8. The highest BCUT2D eigenvalue weighted by atomic mass is 16.5. The van der Waals surface area contributed by atoms with Crippen LogP contribution >= 0.6 is 0 Å². The molecule has 34 heavy (non-hydrogen) atoms. The van der Waals surface area contributed by atoms with Crippen molar-refractivity contribution in [2.24, 2.45) is 0 Å². The van der Waals surface area contributed by atoms with Crippen LogP contribution in [-0.2, 0) is 0 Å². The molecule has 0 saturated carbocycles. The highest BCUT2D eigenvalue weighted by Gasteiger charge is 2.37. The summed E-state index contributed by atoms with van der Waals surface area (Å²) in [5.41, 5.74) is 5.15. The standard InChI is InChI=1S/C30H17NO3/c32-29-27-16-15-26(19-28(27)30(33)31(29)24-14-13-22-11-12-23(22)18-24)34-25-8-4-7-21(17-25)10-9-20-5-2-1-3-6-20/h1-8,11-19H. The Morgan fingerprint density at radius 2 is 1.32 bits per heavy atom. The number of benzene rings is 4. The number of hydrogen-bond donors (Lipinski definition) is 0. The van der Waals surface area contributed by atoms with Crippen LogP contribution in [0.1, 0.15) is 43.0 Å². The first-order valence-corrected chi connectivity index (χ1v) is 10.9. The lowest BCUT2D eigenvalue weighted by atomic mass is 9.97. The van der Waals surface area contributed by atoms with Crippen molar-refractivity contribution in [1.82, 2.24) is 0 Å². The van der Waals surface area contributed by atoms with E-state index in [1.807, 2.05) is 78.9 Å². The molecule has 4 aromatic carbocycles. The molecule has 0 N–H and O–H groups in total. The van der Waals surface area contributed by atoms with Crippen molar-refractivity contribution in [1.29, 1.82) is 0 Å². The topological polar surface area (TPSA) is 46.6 Å². The van der Waals surface area contributed by atoms with Gasteiger partial charge in [-0.25, -0.2) is 4.90 Å². The first kappa shape index (κ1) is 19.8. The van der Waals surface area contributed by atoms with Gasteiger partial charge < -0.3 is 4.74 Å². The fraction of sp³-hybridized carbons (Fsp3) is 0. The summed E-state index contributed by atoms with van der Waals surface area (Å²) in [5.74, 6) is 6.67. The van der Waals surface area contributed by atoms with E-state index < -0.39 is 0 Å². The number of rotatable bonds is 3. The molecule has 2 amide bonds. The molecule has 2 aliphatic rings. The van der Waals surface area contributed by atoms with Crippen LogP contribution < -0.4 is 9.64 Å². The molecule has 0 bridgehead atoms. The summed E-state index contributed by atoms with van der Waals surface area (Å²) in [4.78, 5) is 27.3. The van der Waals surface area contributed by atoms with Gasteiger partial charge >= 0.3 is 0 Å². The van der Waals surface area contributed by atoms with Crippen molar-refractivity contribution in [3.05, 3.63) is 124 Å². The zero-order valence-corrected chi connectivity index (χ0v) is 18.0. The van der Waals surface area contributed by atoms with E-state index in [1.165, 1.54) is 4.90 Å². The number of nitrogens with zero attached hydrogens (tertiary/aromatic N) is 1. The number of carbonyl (C=O) groups excluding carboxylic acids is 2. The SMILES string of the molecule is O=C1c2ccc(Oc3cccc(C#Cc4ccccc4)c3)cc2C(=O)N1c1ccc2c(c1)C=C2. The summed E-state index contributed by atoms with van der Waals surface area (Å²) >= 11 is 0. The Bertz CT molecular complexity index is 1570. The largest absolute Gasteiger partial charge is 0.457 e.